The van der Waals surface area contributed by atoms with Gasteiger partial charge >= 0.3 is 12.0 Å². The number of carboxylic acids is 1. The number of carbonyl (C=O) groups excluding carboxylic acids is 1. The molecule has 0 radical (unpaired) electrons. The number of aliphatic hydroxyl groups is 1. The van der Waals surface area contributed by atoms with Crippen molar-refractivity contribution >= 4 is 17.7 Å². The molecule has 1 aromatic rings. The molecule has 19 heavy (non-hydrogen) atoms. The van der Waals surface area contributed by atoms with Crippen molar-refractivity contribution in [2.24, 2.45) is 0 Å². The number of nitrogens with one attached hydrogen (secondary N) is 1. The number of amides is 2. The van der Waals surface area contributed by atoms with Crippen molar-refractivity contribution < 1.29 is 19.8 Å². The van der Waals surface area contributed by atoms with Crippen LogP contribution in [0.25, 0.3) is 0 Å². The Morgan fingerprint density at radius 2 is 1.95 bits per heavy atom. The second-order valence-corrected chi connectivity index (χ2v) is 4.29. The number of rotatable bonds is 5. The molecule has 0 saturated carbocycles. The summed E-state index contributed by atoms with van der Waals surface area (Å²) in [4.78, 5) is 24.5. The molecule has 0 aliphatic heterocycles. The number of aromatic carboxylic acids is 1. The van der Waals surface area contributed by atoms with Gasteiger partial charge in [0, 0.05) is 12.6 Å². The number of carboxylic acid groups (broad SMARTS) is 1. The molecule has 1 rings (SSSR count). The molecule has 0 saturated heterocycles. The Morgan fingerprint density at radius 1 is 1.32 bits per heavy atom. The van der Waals surface area contributed by atoms with E-state index in [9.17, 15) is 9.59 Å². The first-order valence-electron chi connectivity index (χ1n) is 5.98. The van der Waals surface area contributed by atoms with Crippen molar-refractivity contribution in [1.29, 1.82) is 0 Å². The van der Waals surface area contributed by atoms with E-state index in [1.165, 1.54) is 17.0 Å². The minimum Gasteiger partial charge on any atom is -0.478 e. The number of nitrogens with zero attached hydrogens (tertiary/aromatic N) is 1. The van der Waals surface area contributed by atoms with Crippen LogP contribution in [0.3, 0.4) is 0 Å². The van der Waals surface area contributed by atoms with Crippen molar-refractivity contribution in [3.63, 3.8) is 0 Å². The van der Waals surface area contributed by atoms with E-state index < -0.39 is 12.0 Å². The highest BCUT2D eigenvalue weighted by Crippen LogP contribution is 2.16. The zero-order valence-electron chi connectivity index (χ0n) is 11.0. The Hall–Kier alpha value is -2.08. The minimum absolute atomic E-state index is 0.0311. The lowest BCUT2D eigenvalue weighted by atomic mass is 10.2. The van der Waals surface area contributed by atoms with E-state index in [2.05, 4.69) is 5.32 Å². The van der Waals surface area contributed by atoms with Crippen LogP contribution in [-0.2, 0) is 0 Å². The molecule has 6 nitrogen and oxygen atoms in total. The smallest absolute Gasteiger partial charge is 0.337 e. The molecule has 104 valence electrons. The maximum Gasteiger partial charge on any atom is 0.337 e. The van der Waals surface area contributed by atoms with E-state index in [1.54, 1.807) is 12.1 Å². The van der Waals surface area contributed by atoms with Gasteiger partial charge in [0.2, 0.25) is 0 Å². The molecule has 2 amide bonds. The third kappa shape index (κ3) is 3.96. The van der Waals surface area contributed by atoms with E-state index in [0.29, 0.717) is 0 Å². The van der Waals surface area contributed by atoms with Crippen LogP contribution in [0.15, 0.2) is 24.3 Å². The van der Waals surface area contributed by atoms with Crippen LogP contribution in [0.1, 0.15) is 24.2 Å². The molecule has 3 N–H and O–H groups in total. The van der Waals surface area contributed by atoms with Gasteiger partial charge in [0.05, 0.1) is 17.9 Å². The average molecular weight is 266 g/mol. The van der Waals surface area contributed by atoms with Crippen molar-refractivity contribution in [2.75, 3.05) is 18.5 Å². The largest absolute Gasteiger partial charge is 0.478 e. The van der Waals surface area contributed by atoms with Gasteiger partial charge in [-0.2, -0.15) is 0 Å². The summed E-state index contributed by atoms with van der Waals surface area (Å²) in [5, 5.41) is 20.5. The topological polar surface area (TPSA) is 89.9 Å². The fraction of sp³-hybridized carbons (Fsp3) is 0.385. The molecule has 0 bridgehead atoms. The van der Waals surface area contributed by atoms with E-state index in [0.717, 1.165) is 0 Å². The minimum atomic E-state index is -1.10. The lowest BCUT2D eigenvalue weighted by Crippen LogP contribution is -2.42. The Balaban J connectivity index is 2.89. The van der Waals surface area contributed by atoms with E-state index in [-0.39, 0.29) is 30.4 Å². The number of hydrogen-bond acceptors (Lipinski definition) is 3. The number of aliphatic hydroxyl groups excluding tert-OH is 1. The molecular weight excluding hydrogens is 248 g/mol. The molecule has 0 aliphatic rings. The van der Waals surface area contributed by atoms with Gasteiger partial charge in [-0.15, -0.1) is 0 Å². The van der Waals surface area contributed by atoms with Crippen LogP contribution in [0.5, 0.6) is 0 Å². The third-order valence-electron chi connectivity index (χ3n) is 2.62. The fourth-order valence-corrected chi connectivity index (χ4v) is 1.67. The normalized spacial score (nSPS) is 10.3. The summed E-state index contributed by atoms with van der Waals surface area (Å²) in [6.45, 7) is 3.68. The summed E-state index contributed by atoms with van der Waals surface area (Å²) in [5.41, 5.74) is 0.271. The first-order valence-corrected chi connectivity index (χ1v) is 5.98. The second-order valence-electron chi connectivity index (χ2n) is 4.29. The highest BCUT2D eigenvalue weighted by atomic mass is 16.4. The molecule has 0 spiro atoms. The number of benzene rings is 1. The van der Waals surface area contributed by atoms with Crippen LogP contribution in [-0.4, -0.2) is 46.3 Å². The zero-order chi connectivity index (χ0) is 14.4. The monoisotopic (exact) mass is 266 g/mol. The predicted octanol–water partition coefficient (Wildman–Crippen LogP) is 1.62. The Kier molecular flexibility index (Phi) is 5.32. The van der Waals surface area contributed by atoms with E-state index in [1.807, 2.05) is 13.8 Å². The van der Waals surface area contributed by atoms with Crippen molar-refractivity contribution in [1.82, 2.24) is 4.90 Å². The summed E-state index contributed by atoms with van der Waals surface area (Å²) < 4.78 is 0. The number of hydrogen-bond donors (Lipinski definition) is 3. The first kappa shape index (κ1) is 15.0. The van der Waals surface area contributed by atoms with Gasteiger partial charge in [-0.1, -0.05) is 12.1 Å². The van der Waals surface area contributed by atoms with Gasteiger partial charge in [-0.25, -0.2) is 9.59 Å². The number of carbonyl (C=O) groups is 2. The predicted molar refractivity (Wildman–Crippen MR) is 71.3 cm³/mol. The molecule has 6 heteroatoms. The number of anilines is 1. The summed E-state index contributed by atoms with van der Waals surface area (Å²) in [7, 11) is 0. The molecule has 1 aromatic carbocycles. The maximum absolute atomic E-state index is 12.0. The van der Waals surface area contributed by atoms with Crippen molar-refractivity contribution in [3.05, 3.63) is 29.8 Å². The van der Waals surface area contributed by atoms with Gasteiger partial charge in [-0.05, 0) is 26.0 Å². The Labute approximate surface area is 111 Å². The molecule has 0 heterocycles. The Bertz CT molecular complexity index is 460. The number of urea groups is 1. The summed E-state index contributed by atoms with van der Waals surface area (Å²) in [5.74, 6) is -1.10. The summed E-state index contributed by atoms with van der Waals surface area (Å²) in [6.07, 6.45) is 0. The zero-order valence-corrected chi connectivity index (χ0v) is 11.0. The molecule has 0 aromatic heterocycles. The van der Waals surface area contributed by atoms with Gasteiger partial charge in [0.1, 0.15) is 0 Å². The van der Waals surface area contributed by atoms with Crippen LogP contribution >= 0.6 is 0 Å². The summed E-state index contributed by atoms with van der Waals surface area (Å²) in [6, 6.07) is 5.66. The lowest BCUT2D eigenvalue weighted by Gasteiger charge is -2.26. The summed E-state index contributed by atoms with van der Waals surface area (Å²) >= 11 is 0. The molecule has 0 fully saturated rings. The van der Waals surface area contributed by atoms with Crippen LogP contribution in [0, 0.1) is 0 Å². The molecule has 0 aliphatic carbocycles. The van der Waals surface area contributed by atoms with Gasteiger partial charge < -0.3 is 20.4 Å². The van der Waals surface area contributed by atoms with E-state index >= 15 is 0 Å². The number of para-hydroxylation sites is 1. The molecule has 0 unspecified atom stereocenters. The van der Waals surface area contributed by atoms with Crippen LogP contribution in [0.4, 0.5) is 10.5 Å². The first-order chi connectivity index (χ1) is 8.97. The van der Waals surface area contributed by atoms with Crippen LogP contribution in [0.2, 0.25) is 0 Å². The maximum atomic E-state index is 12.0. The fourth-order valence-electron chi connectivity index (χ4n) is 1.67. The van der Waals surface area contributed by atoms with E-state index in [4.69, 9.17) is 10.2 Å². The lowest BCUT2D eigenvalue weighted by molar-refractivity contribution is 0.0698. The highest BCUT2D eigenvalue weighted by molar-refractivity contribution is 6.00. The van der Waals surface area contributed by atoms with Gasteiger partial charge in [0.25, 0.3) is 0 Å². The average Bonchev–Trinajstić information content (AvgIpc) is 2.35. The quantitative estimate of drug-likeness (QED) is 0.755. The van der Waals surface area contributed by atoms with Crippen molar-refractivity contribution in [2.45, 2.75) is 19.9 Å². The standard InChI is InChI=1S/C13H18N2O4/c1-9(2)15(7-8-16)13(19)14-11-6-4-3-5-10(11)12(17)18/h3-6,9,16H,7-8H2,1-2H3,(H,14,19)(H,17,18). The third-order valence-corrected chi connectivity index (χ3v) is 2.62. The van der Waals surface area contributed by atoms with Crippen molar-refractivity contribution in [3.8, 4) is 0 Å². The Morgan fingerprint density at radius 3 is 2.47 bits per heavy atom. The SMILES string of the molecule is CC(C)N(CCO)C(=O)Nc1ccccc1C(=O)O. The van der Waals surface area contributed by atoms with Gasteiger partial charge in [-0.3, -0.25) is 0 Å². The van der Waals surface area contributed by atoms with Gasteiger partial charge in [0.15, 0.2) is 0 Å². The molecule has 0 atom stereocenters. The second kappa shape index (κ2) is 6.75. The molecular formula is C13H18N2O4. The van der Waals surface area contributed by atoms with Crippen LogP contribution < -0.4 is 5.32 Å². The highest BCUT2D eigenvalue weighted by Gasteiger charge is 2.18.